The molecule has 0 radical (unpaired) electrons. The molecule has 0 aliphatic heterocycles. The van der Waals surface area contributed by atoms with Gasteiger partial charge >= 0.3 is 5.97 Å². The largest absolute Gasteiger partial charge is 0.484 e. The van der Waals surface area contributed by atoms with Gasteiger partial charge in [0.15, 0.2) is 6.61 Å². The first-order valence-corrected chi connectivity index (χ1v) is 10.3. The van der Waals surface area contributed by atoms with Gasteiger partial charge in [0.05, 0.1) is 13.0 Å². The van der Waals surface area contributed by atoms with Crippen molar-refractivity contribution < 1.29 is 19.1 Å². The number of rotatable bonds is 10. The Kier molecular flexibility index (Phi) is 9.05. The summed E-state index contributed by atoms with van der Waals surface area (Å²) in [5.74, 6) is -0.0860. The molecule has 0 heterocycles. The van der Waals surface area contributed by atoms with Crippen molar-refractivity contribution >= 4 is 11.9 Å². The lowest BCUT2D eigenvalue weighted by molar-refractivity contribution is -0.146. The fourth-order valence-corrected chi connectivity index (χ4v) is 3.39. The molecule has 1 aliphatic rings. The number of allylic oxidation sites excluding steroid dienone is 1. The maximum absolute atomic E-state index is 12.8. The number of hydrogen-bond acceptors (Lipinski definition) is 4. The first kappa shape index (κ1) is 22.0. The van der Waals surface area contributed by atoms with Gasteiger partial charge in [0.25, 0.3) is 5.91 Å². The summed E-state index contributed by atoms with van der Waals surface area (Å²) < 4.78 is 10.5. The summed E-state index contributed by atoms with van der Waals surface area (Å²) in [6.07, 6.45) is 8.81. The topological polar surface area (TPSA) is 55.8 Å². The molecule has 0 aromatic heterocycles. The van der Waals surface area contributed by atoms with Gasteiger partial charge in [0.2, 0.25) is 0 Å². The van der Waals surface area contributed by atoms with Crippen LogP contribution < -0.4 is 4.74 Å². The van der Waals surface area contributed by atoms with Crippen molar-refractivity contribution in [2.75, 3.05) is 26.8 Å². The van der Waals surface area contributed by atoms with Crippen molar-refractivity contribution in [1.82, 2.24) is 4.90 Å². The molecule has 0 saturated carbocycles. The molecule has 1 amide bonds. The van der Waals surface area contributed by atoms with Crippen molar-refractivity contribution in [3.05, 3.63) is 41.5 Å². The van der Waals surface area contributed by atoms with Crippen LogP contribution in [-0.4, -0.2) is 43.6 Å². The summed E-state index contributed by atoms with van der Waals surface area (Å²) in [5, 5.41) is 0. The highest BCUT2D eigenvalue weighted by Crippen LogP contribution is 2.21. The van der Waals surface area contributed by atoms with Gasteiger partial charge in [0, 0.05) is 13.1 Å². The van der Waals surface area contributed by atoms with Crippen molar-refractivity contribution in [3.8, 4) is 5.75 Å². The molecule has 1 aliphatic carbocycles. The van der Waals surface area contributed by atoms with Crippen LogP contribution in [0.25, 0.3) is 0 Å². The van der Waals surface area contributed by atoms with Gasteiger partial charge in [-0.15, -0.1) is 0 Å². The molecular formula is C23H33NO4. The predicted molar refractivity (Wildman–Crippen MR) is 110 cm³/mol. The van der Waals surface area contributed by atoms with Gasteiger partial charge in [-0.3, -0.25) is 9.59 Å². The number of carbonyl (C=O) groups is 2. The van der Waals surface area contributed by atoms with Crippen LogP contribution in [0.3, 0.4) is 0 Å². The maximum Gasteiger partial charge on any atom is 0.310 e. The van der Waals surface area contributed by atoms with E-state index in [1.807, 2.05) is 24.3 Å². The molecule has 2 rings (SSSR count). The van der Waals surface area contributed by atoms with Gasteiger partial charge in [-0.2, -0.15) is 0 Å². The molecule has 1 atom stereocenters. The molecule has 28 heavy (non-hydrogen) atoms. The number of benzene rings is 1. The summed E-state index contributed by atoms with van der Waals surface area (Å²) >= 11 is 0. The number of carbonyl (C=O) groups excluding carboxylic acids is 2. The maximum atomic E-state index is 12.8. The summed E-state index contributed by atoms with van der Waals surface area (Å²) in [4.78, 5) is 26.3. The summed E-state index contributed by atoms with van der Waals surface area (Å²) in [6.45, 7) is 4.80. The second kappa shape index (κ2) is 11.5. The van der Waals surface area contributed by atoms with Crippen LogP contribution in [0.1, 0.15) is 51.5 Å². The second-order valence-corrected chi connectivity index (χ2v) is 7.41. The molecule has 5 heteroatoms. The SMILES string of the molecule is CCc1ccc(OCC(=O)N(CCC2=CCCCC2)CC(C)C(=O)OC)cc1. The Balaban J connectivity index is 1.95. The highest BCUT2D eigenvalue weighted by atomic mass is 16.5. The molecular weight excluding hydrogens is 354 g/mol. The van der Waals surface area contributed by atoms with E-state index in [9.17, 15) is 9.59 Å². The van der Waals surface area contributed by atoms with Crippen LogP contribution >= 0.6 is 0 Å². The zero-order chi connectivity index (χ0) is 20.4. The Morgan fingerprint density at radius 3 is 2.54 bits per heavy atom. The smallest absolute Gasteiger partial charge is 0.310 e. The quantitative estimate of drug-likeness (QED) is 0.447. The zero-order valence-corrected chi connectivity index (χ0v) is 17.4. The number of nitrogens with zero attached hydrogens (tertiary/aromatic N) is 1. The number of hydrogen-bond donors (Lipinski definition) is 0. The fourth-order valence-electron chi connectivity index (χ4n) is 3.39. The molecule has 0 saturated heterocycles. The third-order valence-electron chi connectivity index (χ3n) is 5.23. The Morgan fingerprint density at radius 2 is 1.93 bits per heavy atom. The Hall–Kier alpha value is -2.30. The fraction of sp³-hybridized carbons (Fsp3) is 0.565. The molecule has 0 bridgehead atoms. The molecule has 0 spiro atoms. The van der Waals surface area contributed by atoms with Crippen molar-refractivity contribution in [3.63, 3.8) is 0 Å². The highest BCUT2D eigenvalue weighted by molar-refractivity contribution is 5.79. The van der Waals surface area contributed by atoms with Gasteiger partial charge in [0.1, 0.15) is 5.75 Å². The van der Waals surface area contributed by atoms with Crippen LogP contribution in [-0.2, 0) is 20.7 Å². The first-order valence-electron chi connectivity index (χ1n) is 10.3. The minimum Gasteiger partial charge on any atom is -0.484 e. The minimum absolute atomic E-state index is 0.0294. The zero-order valence-electron chi connectivity index (χ0n) is 17.4. The van der Waals surface area contributed by atoms with Crippen LogP contribution in [0.5, 0.6) is 5.75 Å². The van der Waals surface area contributed by atoms with E-state index in [1.165, 1.54) is 31.1 Å². The van der Waals surface area contributed by atoms with Crippen LogP contribution in [0, 0.1) is 5.92 Å². The van der Waals surface area contributed by atoms with E-state index in [4.69, 9.17) is 9.47 Å². The van der Waals surface area contributed by atoms with E-state index in [0.717, 1.165) is 25.7 Å². The van der Waals surface area contributed by atoms with Gasteiger partial charge < -0.3 is 14.4 Å². The summed E-state index contributed by atoms with van der Waals surface area (Å²) in [6, 6.07) is 7.79. The molecule has 0 N–H and O–H groups in total. The van der Waals surface area contributed by atoms with E-state index in [1.54, 1.807) is 11.8 Å². The molecule has 0 fully saturated rings. The van der Waals surface area contributed by atoms with Gasteiger partial charge in [-0.25, -0.2) is 0 Å². The lowest BCUT2D eigenvalue weighted by Gasteiger charge is -2.26. The van der Waals surface area contributed by atoms with Crippen molar-refractivity contribution in [2.24, 2.45) is 5.92 Å². The predicted octanol–water partition coefficient (Wildman–Crippen LogP) is 4.16. The monoisotopic (exact) mass is 387 g/mol. The van der Waals surface area contributed by atoms with Crippen molar-refractivity contribution in [2.45, 2.75) is 52.4 Å². The lowest BCUT2D eigenvalue weighted by Crippen LogP contribution is -2.40. The average Bonchev–Trinajstić information content (AvgIpc) is 2.75. The normalized spacial score (nSPS) is 14.8. The van der Waals surface area contributed by atoms with E-state index in [-0.39, 0.29) is 24.4 Å². The Bertz CT molecular complexity index is 666. The molecule has 5 nitrogen and oxygen atoms in total. The Morgan fingerprint density at radius 1 is 1.18 bits per heavy atom. The molecule has 1 unspecified atom stereocenters. The van der Waals surface area contributed by atoms with Gasteiger partial charge in [-0.1, -0.05) is 37.6 Å². The number of esters is 1. The van der Waals surface area contributed by atoms with Crippen LogP contribution in [0.2, 0.25) is 0 Å². The number of ether oxygens (including phenoxy) is 2. The van der Waals surface area contributed by atoms with E-state index < -0.39 is 0 Å². The van der Waals surface area contributed by atoms with E-state index in [2.05, 4.69) is 13.0 Å². The first-order chi connectivity index (χ1) is 13.5. The average molecular weight is 388 g/mol. The van der Waals surface area contributed by atoms with Gasteiger partial charge in [-0.05, 0) is 56.2 Å². The lowest BCUT2D eigenvalue weighted by atomic mass is 9.97. The highest BCUT2D eigenvalue weighted by Gasteiger charge is 2.22. The molecule has 1 aromatic rings. The Labute approximate surface area is 168 Å². The van der Waals surface area contributed by atoms with Crippen LogP contribution in [0.4, 0.5) is 0 Å². The summed E-state index contributed by atoms with van der Waals surface area (Å²) in [7, 11) is 1.38. The number of methoxy groups -OCH3 is 1. The van der Waals surface area contributed by atoms with Crippen LogP contribution in [0.15, 0.2) is 35.9 Å². The van der Waals surface area contributed by atoms with E-state index in [0.29, 0.717) is 18.8 Å². The number of amides is 1. The van der Waals surface area contributed by atoms with E-state index >= 15 is 0 Å². The third-order valence-corrected chi connectivity index (χ3v) is 5.23. The summed E-state index contributed by atoms with van der Waals surface area (Å²) in [5.41, 5.74) is 2.64. The standard InChI is InChI=1S/C23H33NO4/c1-4-19-10-12-21(13-11-19)28-17-22(25)24(16-18(2)23(26)27-3)15-14-20-8-6-5-7-9-20/h8,10-13,18H,4-7,9,14-17H2,1-3H3. The number of aryl methyl sites for hydroxylation is 1. The molecule has 1 aromatic carbocycles. The van der Waals surface area contributed by atoms with Crippen molar-refractivity contribution in [1.29, 1.82) is 0 Å². The second-order valence-electron chi connectivity index (χ2n) is 7.41. The third kappa shape index (κ3) is 7.02. The molecule has 154 valence electrons. The minimum atomic E-state index is -0.363.